The molecule has 0 fully saturated rings. The quantitative estimate of drug-likeness (QED) is 0.678. The summed E-state index contributed by atoms with van der Waals surface area (Å²) in [6.07, 6.45) is -1.84. The van der Waals surface area contributed by atoms with E-state index in [1.807, 2.05) is 0 Å². The lowest BCUT2D eigenvalue weighted by Crippen LogP contribution is -2.29. The standard InChI is InChI=1S/C21H23F2N3O4/c1-21(2,3)30-20(28)26-14(11-25-9-5-7-15(24)19(25)27)10-13-6-4-8-16(18(13)26)29-12-17(22)23/h4-10,17H,11-12,24H2,1-3H3. The summed E-state index contributed by atoms with van der Waals surface area (Å²) in [6.45, 7) is 4.35. The topological polar surface area (TPSA) is 88.5 Å². The van der Waals surface area contributed by atoms with Crippen molar-refractivity contribution in [1.29, 1.82) is 0 Å². The highest BCUT2D eigenvalue weighted by molar-refractivity contribution is 5.94. The molecule has 2 heterocycles. The fourth-order valence-electron chi connectivity index (χ4n) is 3.04. The number of pyridine rings is 1. The van der Waals surface area contributed by atoms with Crippen LogP contribution in [0.4, 0.5) is 19.3 Å². The van der Waals surface area contributed by atoms with E-state index < -0.39 is 30.3 Å². The molecule has 0 aliphatic heterocycles. The molecule has 9 heteroatoms. The predicted molar refractivity (Wildman–Crippen MR) is 109 cm³/mol. The number of rotatable bonds is 5. The molecule has 0 atom stereocenters. The van der Waals surface area contributed by atoms with Crippen LogP contribution in [-0.4, -0.2) is 33.9 Å². The molecule has 0 unspecified atom stereocenters. The van der Waals surface area contributed by atoms with Crippen LogP contribution in [0.5, 0.6) is 5.75 Å². The summed E-state index contributed by atoms with van der Waals surface area (Å²) in [4.78, 5) is 25.4. The SMILES string of the molecule is CC(C)(C)OC(=O)n1c(Cn2cccc(N)c2=O)cc2cccc(OCC(F)F)c21. The van der Waals surface area contributed by atoms with Gasteiger partial charge in [-0.2, -0.15) is 0 Å². The van der Waals surface area contributed by atoms with Gasteiger partial charge >= 0.3 is 6.09 Å². The number of fused-ring (bicyclic) bond motifs is 1. The molecule has 0 amide bonds. The van der Waals surface area contributed by atoms with E-state index in [0.29, 0.717) is 16.6 Å². The number of alkyl halides is 2. The van der Waals surface area contributed by atoms with Crippen LogP contribution in [0.25, 0.3) is 10.9 Å². The van der Waals surface area contributed by atoms with Crippen molar-refractivity contribution in [3.63, 3.8) is 0 Å². The second-order valence-corrected chi connectivity index (χ2v) is 7.74. The van der Waals surface area contributed by atoms with Crippen LogP contribution in [0.1, 0.15) is 26.5 Å². The third-order valence-corrected chi connectivity index (χ3v) is 4.19. The Bertz CT molecular complexity index is 1130. The Morgan fingerprint density at radius 2 is 1.93 bits per heavy atom. The zero-order valence-electron chi connectivity index (χ0n) is 16.9. The number of nitrogens with zero attached hydrogens (tertiary/aromatic N) is 2. The zero-order valence-corrected chi connectivity index (χ0v) is 16.9. The number of halogens is 2. The van der Waals surface area contributed by atoms with Gasteiger partial charge in [0.05, 0.1) is 17.9 Å². The second kappa shape index (κ2) is 8.17. The third-order valence-electron chi connectivity index (χ3n) is 4.19. The Kier molecular flexibility index (Phi) is 5.82. The number of hydrogen-bond donors (Lipinski definition) is 1. The van der Waals surface area contributed by atoms with Gasteiger partial charge in [0, 0.05) is 11.6 Å². The Labute approximate surface area is 171 Å². The van der Waals surface area contributed by atoms with Crippen LogP contribution in [0, 0.1) is 0 Å². The molecule has 30 heavy (non-hydrogen) atoms. The summed E-state index contributed by atoms with van der Waals surface area (Å²) in [5.41, 5.74) is 5.27. The lowest BCUT2D eigenvalue weighted by molar-refractivity contribution is 0.0538. The minimum absolute atomic E-state index is 0.0199. The largest absolute Gasteiger partial charge is 0.485 e. The average Bonchev–Trinajstić information content (AvgIpc) is 3.01. The van der Waals surface area contributed by atoms with Gasteiger partial charge in [-0.05, 0) is 45.0 Å². The molecule has 2 aromatic heterocycles. The van der Waals surface area contributed by atoms with E-state index in [9.17, 15) is 18.4 Å². The first-order valence-electron chi connectivity index (χ1n) is 9.29. The molecule has 0 saturated carbocycles. The van der Waals surface area contributed by atoms with Gasteiger partial charge in [0.25, 0.3) is 12.0 Å². The van der Waals surface area contributed by atoms with Gasteiger partial charge in [-0.25, -0.2) is 18.1 Å². The summed E-state index contributed by atoms with van der Waals surface area (Å²) >= 11 is 0. The molecular formula is C21H23F2N3O4. The molecule has 0 radical (unpaired) electrons. The molecule has 160 valence electrons. The van der Waals surface area contributed by atoms with Crippen molar-refractivity contribution in [2.24, 2.45) is 0 Å². The molecule has 0 aliphatic rings. The Morgan fingerprint density at radius 3 is 2.60 bits per heavy atom. The fraction of sp³-hybridized carbons (Fsp3) is 0.333. The first-order valence-corrected chi connectivity index (χ1v) is 9.29. The molecule has 0 bridgehead atoms. The number of carbonyl (C=O) groups excluding carboxylic acids is 1. The van der Waals surface area contributed by atoms with Gasteiger partial charge in [0.15, 0.2) is 0 Å². The minimum Gasteiger partial charge on any atom is -0.485 e. The summed E-state index contributed by atoms with van der Waals surface area (Å²) in [7, 11) is 0. The first kappa shape index (κ1) is 21.4. The number of hydrogen-bond acceptors (Lipinski definition) is 5. The van der Waals surface area contributed by atoms with Gasteiger partial charge in [-0.1, -0.05) is 12.1 Å². The van der Waals surface area contributed by atoms with Crippen molar-refractivity contribution < 1.29 is 23.0 Å². The summed E-state index contributed by atoms with van der Waals surface area (Å²) in [5, 5.41) is 0.583. The molecular weight excluding hydrogens is 396 g/mol. The molecule has 0 spiro atoms. The van der Waals surface area contributed by atoms with Gasteiger partial charge in [-0.15, -0.1) is 0 Å². The molecule has 2 N–H and O–H groups in total. The highest BCUT2D eigenvalue weighted by Crippen LogP contribution is 2.30. The third kappa shape index (κ3) is 4.61. The number of aromatic nitrogens is 2. The highest BCUT2D eigenvalue weighted by Gasteiger charge is 2.24. The number of anilines is 1. The van der Waals surface area contributed by atoms with Crippen molar-refractivity contribution in [2.75, 3.05) is 12.3 Å². The predicted octanol–water partition coefficient (Wildman–Crippen LogP) is 3.86. The number of nitrogens with two attached hydrogens (primary N) is 1. The van der Waals surface area contributed by atoms with E-state index in [4.69, 9.17) is 15.2 Å². The maximum atomic E-state index is 13.0. The number of benzene rings is 1. The van der Waals surface area contributed by atoms with Crippen molar-refractivity contribution in [3.8, 4) is 5.75 Å². The van der Waals surface area contributed by atoms with Crippen LogP contribution in [0.3, 0.4) is 0 Å². The van der Waals surface area contributed by atoms with Crippen LogP contribution in [0.2, 0.25) is 0 Å². The maximum absolute atomic E-state index is 13.0. The van der Waals surface area contributed by atoms with Crippen LogP contribution < -0.4 is 16.0 Å². The van der Waals surface area contributed by atoms with Crippen LogP contribution in [0.15, 0.2) is 47.4 Å². The number of para-hydroxylation sites is 1. The number of nitrogen functional groups attached to an aromatic ring is 1. The van der Waals surface area contributed by atoms with E-state index >= 15 is 0 Å². The summed E-state index contributed by atoms with van der Waals surface area (Å²) in [6, 6.07) is 9.65. The molecule has 7 nitrogen and oxygen atoms in total. The van der Waals surface area contributed by atoms with Crippen LogP contribution in [-0.2, 0) is 11.3 Å². The monoisotopic (exact) mass is 419 g/mol. The highest BCUT2D eigenvalue weighted by atomic mass is 19.3. The van der Waals surface area contributed by atoms with Gasteiger partial charge in [-0.3, -0.25) is 4.79 Å². The smallest absolute Gasteiger partial charge is 0.419 e. The van der Waals surface area contributed by atoms with Crippen molar-refractivity contribution >= 4 is 22.7 Å². The molecule has 3 aromatic rings. The second-order valence-electron chi connectivity index (χ2n) is 7.74. The molecule has 0 saturated heterocycles. The zero-order chi connectivity index (χ0) is 22.1. The first-order chi connectivity index (χ1) is 14.1. The van der Waals surface area contributed by atoms with E-state index in [-0.39, 0.29) is 18.0 Å². The molecule has 0 aliphatic carbocycles. The minimum atomic E-state index is -2.67. The number of carbonyl (C=O) groups is 1. The Hall–Kier alpha value is -3.36. The van der Waals surface area contributed by atoms with Crippen molar-refractivity contribution in [2.45, 2.75) is 39.3 Å². The van der Waals surface area contributed by atoms with E-state index in [1.54, 1.807) is 51.2 Å². The van der Waals surface area contributed by atoms with Gasteiger partial charge in [0.2, 0.25) is 0 Å². The fourth-order valence-corrected chi connectivity index (χ4v) is 3.04. The Morgan fingerprint density at radius 1 is 1.20 bits per heavy atom. The average molecular weight is 419 g/mol. The van der Waals surface area contributed by atoms with E-state index in [0.717, 1.165) is 0 Å². The number of ether oxygens (including phenoxy) is 2. The summed E-state index contributed by atoms with van der Waals surface area (Å²) in [5.74, 6) is 0.116. The molecule has 3 rings (SSSR count). The van der Waals surface area contributed by atoms with E-state index in [2.05, 4.69) is 0 Å². The maximum Gasteiger partial charge on any atom is 0.419 e. The van der Waals surface area contributed by atoms with Crippen LogP contribution >= 0.6 is 0 Å². The summed E-state index contributed by atoms with van der Waals surface area (Å²) < 4.78 is 38.8. The van der Waals surface area contributed by atoms with Crippen molar-refractivity contribution in [3.05, 3.63) is 58.6 Å². The van der Waals surface area contributed by atoms with E-state index in [1.165, 1.54) is 21.3 Å². The Balaban J connectivity index is 2.17. The van der Waals surface area contributed by atoms with Gasteiger partial charge in [0.1, 0.15) is 23.5 Å². The lowest BCUT2D eigenvalue weighted by atomic mass is 10.2. The molecule has 1 aromatic carbocycles. The van der Waals surface area contributed by atoms with Crippen molar-refractivity contribution in [1.82, 2.24) is 9.13 Å². The van der Waals surface area contributed by atoms with Gasteiger partial charge < -0.3 is 19.8 Å². The lowest BCUT2D eigenvalue weighted by Gasteiger charge is -2.21. The normalized spacial score (nSPS) is 11.8.